The predicted molar refractivity (Wildman–Crippen MR) is 79.5 cm³/mol. The van der Waals surface area contributed by atoms with Crippen LogP contribution in [0.4, 0.5) is 0 Å². The highest BCUT2D eigenvalue weighted by atomic mass is 79.9. The lowest BCUT2D eigenvalue weighted by atomic mass is 9.57. The van der Waals surface area contributed by atoms with Crippen molar-refractivity contribution < 1.29 is 9.53 Å². The van der Waals surface area contributed by atoms with Crippen molar-refractivity contribution in [1.82, 2.24) is 4.90 Å². The summed E-state index contributed by atoms with van der Waals surface area (Å²) in [6.45, 7) is 5.24. The number of carbonyl (C=O) groups is 1. The number of rotatable bonds is 2. The number of hydrogen-bond donors (Lipinski definition) is 0. The maximum absolute atomic E-state index is 12.6. The van der Waals surface area contributed by atoms with E-state index in [1.54, 1.807) is 0 Å². The molecule has 0 aromatic carbocycles. The molecule has 0 radical (unpaired) electrons. The third-order valence-electron chi connectivity index (χ3n) is 4.59. The monoisotopic (exact) mass is 343 g/mol. The number of nitrogens with zero attached hydrogens (tertiary/aromatic N) is 1. The van der Waals surface area contributed by atoms with E-state index in [1.165, 1.54) is 11.3 Å². The summed E-state index contributed by atoms with van der Waals surface area (Å²) >= 11 is 4.94. The van der Waals surface area contributed by atoms with Gasteiger partial charge in [0.15, 0.2) is 0 Å². The van der Waals surface area contributed by atoms with E-state index >= 15 is 0 Å². The fourth-order valence-electron chi connectivity index (χ4n) is 3.82. The summed E-state index contributed by atoms with van der Waals surface area (Å²) in [6, 6.07) is 2.21. The predicted octanol–water partition coefficient (Wildman–Crippen LogP) is 3.40. The number of halogens is 1. The molecule has 0 bridgehead atoms. The standard InChI is InChI=1S/C14H18BrNO2S/c1-14(2)11(8-4-6-18-12(8)14)16(3)13(17)10-9(15)5-7-19-10/h5,7-8,11-12H,4,6H2,1-3H3/t8-,11-,12+/m1/s1. The minimum Gasteiger partial charge on any atom is -0.377 e. The summed E-state index contributed by atoms with van der Waals surface area (Å²) in [6.07, 6.45) is 1.39. The highest BCUT2D eigenvalue weighted by Crippen LogP contribution is 2.54. The molecule has 0 unspecified atom stereocenters. The Kier molecular flexibility index (Phi) is 3.27. The van der Waals surface area contributed by atoms with Gasteiger partial charge in [-0.05, 0) is 33.8 Å². The normalized spacial score (nSPS) is 31.7. The summed E-state index contributed by atoms with van der Waals surface area (Å²) in [4.78, 5) is 15.3. The lowest BCUT2D eigenvalue weighted by Crippen LogP contribution is -2.66. The Morgan fingerprint density at radius 2 is 2.32 bits per heavy atom. The van der Waals surface area contributed by atoms with Crippen LogP contribution >= 0.6 is 27.3 Å². The quantitative estimate of drug-likeness (QED) is 0.823. The molecule has 1 saturated carbocycles. The van der Waals surface area contributed by atoms with Crippen LogP contribution in [0, 0.1) is 11.3 Å². The van der Waals surface area contributed by atoms with Crippen molar-refractivity contribution in [2.75, 3.05) is 13.7 Å². The third-order valence-corrected chi connectivity index (χ3v) is 6.41. The molecule has 1 aromatic rings. The Bertz CT molecular complexity index is 513. The fourth-order valence-corrected chi connectivity index (χ4v) is 5.34. The molecular formula is C14H18BrNO2S. The van der Waals surface area contributed by atoms with Crippen LogP contribution < -0.4 is 0 Å². The molecule has 1 amide bonds. The molecule has 2 fully saturated rings. The van der Waals surface area contributed by atoms with Gasteiger partial charge in [-0.2, -0.15) is 0 Å². The van der Waals surface area contributed by atoms with E-state index in [9.17, 15) is 4.79 Å². The largest absolute Gasteiger partial charge is 0.377 e. The zero-order valence-corrected chi connectivity index (χ0v) is 13.8. The molecule has 1 saturated heterocycles. The molecule has 104 valence electrons. The van der Waals surface area contributed by atoms with E-state index in [2.05, 4.69) is 29.8 Å². The molecule has 1 aliphatic carbocycles. The second-order valence-electron chi connectivity index (χ2n) is 6.02. The van der Waals surface area contributed by atoms with Crippen LogP contribution in [0.2, 0.25) is 0 Å². The van der Waals surface area contributed by atoms with Gasteiger partial charge in [0.2, 0.25) is 0 Å². The summed E-state index contributed by atoms with van der Waals surface area (Å²) < 4.78 is 6.69. The van der Waals surface area contributed by atoms with Crippen molar-refractivity contribution in [3.05, 3.63) is 20.8 Å². The van der Waals surface area contributed by atoms with E-state index in [4.69, 9.17) is 4.74 Å². The van der Waals surface area contributed by atoms with Crippen molar-refractivity contribution in [1.29, 1.82) is 0 Å². The van der Waals surface area contributed by atoms with Crippen LogP contribution in [0.1, 0.15) is 29.9 Å². The molecule has 19 heavy (non-hydrogen) atoms. The van der Waals surface area contributed by atoms with Crippen molar-refractivity contribution >= 4 is 33.2 Å². The average molecular weight is 344 g/mol. The number of ether oxygens (including phenoxy) is 1. The molecule has 0 N–H and O–H groups in total. The zero-order chi connectivity index (χ0) is 13.8. The van der Waals surface area contributed by atoms with Crippen LogP contribution in [0.15, 0.2) is 15.9 Å². The number of carbonyl (C=O) groups excluding carboxylic acids is 1. The van der Waals surface area contributed by atoms with Gasteiger partial charge in [0.25, 0.3) is 5.91 Å². The van der Waals surface area contributed by atoms with E-state index in [0.717, 1.165) is 22.4 Å². The molecular weight excluding hydrogens is 326 g/mol. The van der Waals surface area contributed by atoms with Gasteiger partial charge in [-0.1, -0.05) is 13.8 Å². The lowest BCUT2D eigenvalue weighted by molar-refractivity contribution is -0.139. The summed E-state index contributed by atoms with van der Waals surface area (Å²) in [5.74, 6) is 0.619. The molecule has 3 atom stereocenters. The molecule has 2 aliphatic rings. The first-order chi connectivity index (χ1) is 8.94. The van der Waals surface area contributed by atoms with Gasteiger partial charge in [-0.15, -0.1) is 11.3 Å². The molecule has 0 spiro atoms. The Morgan fingerprint density at radius 1 is 1.58 bits per heavy atom. The maximum atomic E-state index is 12.6. The molecule has 2 heterocycles. The minimum absolute atomic E-state index is 0.0509. The third kappa shape index (κ3) is 1.89. The van der Waals surface area contributed by atoms with Gasteiger partial charge in [0, 0.05) is 35.5 Å². The van der Waals surface area contributed by atoms with E-state index in [-0.39, 0.29) is 17.4 Å². The first-order valence-electron chi connectivity index (χ1n) is 6.56. The first kappa shape index (κ1) is 13.6. The first-order valence-corrected chi connectivity index (χ1v) is 8.23. The maximum Gasteiger partial charge on any atom is 0.265 e. The SMILES string of the molecule is CN(C(=O)c1sccc1Br)[C@@H]1[C@H]2CCO[C@@H]2C1(C)C. The van der Waals surface area contributed by atoms with Crippen molar-refractivity contribution in [3.8, 4) is 0 Å². The van der Waals surface area contributed by atoms with Gasteiger partial charge in [0.05, 0.1) is 6.10 Å². The van der Waals surface area contributed by atoms with Crippen molar-refractivity contribution in [2.24, 2.45) is 11.3 Å². The van der Waals surface area contributed by atoms with Gasteiger partial charge in [-0.25, -0.2) is 0 Å². The smallest absolute Gasteiger partial charge is 0.265 e. The highest BCUT2D eigenvalue weighted by molar-refractivity contribution is 9.10. The van der Waals surface area contributed by atoms with E-state index < -0.39 is 0 Å². The Balaban J connectivity index is 1.83. The Hall–Kier alpha value is -0.390. The number of amides is 1. The van der Waals surface area contributed by atoms with Crippen LogP contribution in [0.25, 0.3) is 0 Å². The van der Waals surface area contributed by atoms with E-state index in [1.807, 2.05) is 23.4 Å². The molecule has 3 nitrogen and oxygen atoms in total. The zero-order valence-electron chi connectivity index (χ0n) is 11.4. The summed E-state index contributed by atoms with van der Waals surface area (Å²) in [7, 11) is 1.93. The Morgan fingerprint density at radius 3 is 2.95 bits per heavy atom. The molecule has 3 rings (SSSR count). The summed E-state index contributed by atoms with van der Waals surface area (Å²) in [5.41, 5.74) is 0.0509. The minimum atomic E-state index is 0.0509. The number of thiophene rings is 1. The van der Waals surface area contributed by atoms with Gasteiger partial charge in [-0.3, -0.25) is 4.79 Å². The highest BCUT2D eigenvalue weighted by Gasteiger charge is 2.61. The van der Waals surface area contributed by atoms with Crippen LogP contribution in [-0.2, 0) is 4.74 Å². The topological polar surface area (TPSA) is 29.5 Å². The molecule has 5 heteroatoms. The number of hydrogen-bond acceptors (Lipinski definition) is 3. The van der Waals surface area contributed by atoms with Gasteiger partial charge in [0.1, 0.15) is 4.88 Å². The van der Waals surface area contributed by atoms with Gasteiger partial charge >= 0.3 is 0 Å². The number of fused-ring (bicyclic) bond motifs is 1. The van der Waals surface area contributed by atoms with Crippen molar-refractivity contribution in [3.63, 3.8) is 0 Å². The lowest BCUT2D eigenvalue weighted by Gasteiger charge is -2.57. The summed E-state index contributed by atoms with van der Waals surface area (Å²) in [5, 5.41) is 1.94. The van der Waals surface area contributed by atoms with E-state index in [0.29, 0.717) is 12.0 Å². The Labute approximate surface area is 126 Å². The van der Waals surface area contributed by atoms with Gasteiger partial charge < -0.3 is 9.64 Å². The molecule has 1 aliphatic heterocycles. The van der Waals surface area contributed by atoms with Crippen molar-refractivity contribution in [2.45, 2.75) is 32.4 Å². The van der Waals surface area contributed by atoms with Crippen LogP contribution in [-0.4, -0.2) is 36.6 Å². The second kappa shape index (κ2) is 4.57. The average Bonchev–Trinajstić information content (AvgIpc) is 2.95. The second-order valence-corrected chi connectivity index (χ2v) is 7.79. The van der Waals surface area contributed by atoms with Crippen LogP contribution in [0.5, 0.6) is 0 Å². The molecule has 1 aromatic heterocycles. The fraction of sp³-hybridized carbons (Fsp3) is 0.643. The van der Waals surface area contributed by atoms with Crippen LogP contribution in [0.3, 0.4) is 0 Å².